The molecule has 0 saturated heterocycles. The van der Waals surface area contributed by atoms with E-state index >= 15 is 0 Å². The van der Waals surface area contributed by atoms with Crippen LogP contribution in [0, 0.1) is 11.6 Å². The Kier molecular flexibility index (Phi) is 24.1. The van der Waals surface area contributed by atoms with Crippen molar-refractivity contribution in [2.45, 2.75) is 116 Å². The largest absolute Gasteiger partial charge is 2.00 e. The smallest absolute Gasteiger partial charge is 0.550 e. The zero-order chi connectivity index (χ0) is 59.0. The first kappa shape index (κ1) is 64.9. The molecule has 2 aromatic heterocycles. The monoisotopic (exact) mass is 1150 g/mol. The minimum atomic E-state index is -1.39. The van der Waals surface area contributed by atoms with Crippen LogP contribution in [0.25, 0.3) is 44.8 Å². The van der Waals surface area contributed by atoms with Gasteiger partial charge in [0, 0.05) is 71.8 Å². The van der Waals surface area contributed by atoms with Gasteiger partial charge >= 0.3 is 37.7 Å². The number of aromatic nitrogens is 2. The van der Waals surface area contributed by atoms with Crippen LogP contribution in [0.5, 0.6) is 0 Å². The van der Waals surface area contributed by atoms with Crippen molar-refractivity contribution in [1.82, 2.24) is 9.13 Å². The molecule has 4 atom stereocenters. The molecule has 2 heterocycles. The Balaban J connectivity index is 0.000000263. The third-order valence-corrected chi connectivity index (χ3v) is 13.8. The molecule has 0 spiro atoms. The molecule has 2 amide bonds. The Hall–Kier alpha value is -7.28. The maximum absolute atomic E-state index is 14.0. The summed E-state index contributed by atoms with van der Waals surface area (Å²) >= 11 is 0. The molecule has 6 aromatic carbocycles. The molecule has 0 saturated carbocycles. The minimum absolute atomic E-state index is 0. The summed E-state index contributed by atoms with van der Waals surface area (Å²) in [5.74, 6) is -4.41. The van der Waals surface area contributed by atoms with Crippen molar-refractivity contribution in [3.8, 4) is 44.8 Å². The van der Waals surface area contributed by atoms with E-state index in [-0.39, 0.29) is 100 Å². The summed E-state index contributed by atoms with van der Waals surface area (Å²) in [4.78, 5) is 49.8. The summed E-state index contributed by atoms with van der Waals surface area (Å²) in [6.45, 7) is 8.45. The van der Waals surface area contributed by atoms with Crippen LogP contribution in [0.3, 0.4) is 0 Å². The van der Waals surface area contributed by atoms with Crippen molar-refractivity contribution >= 4 is 72.9 Å². The molecule has 8 aromatic rings. The number of benzene rings is 6. The Morgan fingerprint density at radius 1 is 0.446 bits per heavy atom. The van der Waals surface area contributed by atoms with E-state index in [9.17, 15) is 58.6 Å². The molecular formula is C66H68CaF2N4O10. The molecule has 0 aliphatic carbocycles. The predicted molar refractivity (Wildman–Crippen MR) is 315 cm³/mol. The number of amides is 2. The van der Waals surface area contributed by atoms with Gasteiger partial charge in [-0.3, -0.25) is 9.59 Å². The van der Waals surface area contributed by atoms with Crippen LogP contribution in [0.1, 0.15) is 110 Å². The Bertz CT molecular complexity index is 3170. The summed E-state index contributed by atoms with van der Waals surface area (Å²) in [5, 5.41) is 69.2. The number of aliphatic carboxylic acids is 2. The molecule has 428 valence electrons. The van der Waals surface area contributed by atoms with Gasteiger partial charge < -0.3 is 60.0 Å². The average Bonchev–Trinajstić information content (AvgIpc) is 3.14. The van der Waals surface area contributed by atoms with E-state index in [1.807, 2.05) is 134 Å². The van der Waals surface area contributed by atoms with Crippen LogP contribution in [-0.2, 0) is 22.7 Å². The van der Waals surface area contributed by atoms with Crippen molar-refractivity contribution in [2.75, 3.05) is 10.6 Å². The molecule has 0 unspecified atom stereocenters. The van der Waals surface area contributed by atoms with Gasteiger partial charge in [-0.1, -0.05) is 125 Å². The maximum atomic E-state index is 14.0. The molecule has 0 fully saturated rings. The van der Waals surface area contributed by atoms with E-state index in [1.54, 1.807) is 48.5 Å². The standard InChI is InChI=1S/2C33H35FN2O5.Ca/c2*1-21(2)31-30(33(41)35-25-11-7-4-8-12-25)29(22-9-5-3-6-10-22)32(23-13-15-24(34)16-14-23)36(31)18-17-26(37)19-27(38)20-28(39)40;/h2*3-16,21,26-27,37-38H,17-20H2,1-2H3,(H,35,41)(H,39,40);/q;;+2/p-2/t2*26-,27+;/m10./s1. The predicted octanol–water partition coefficient (Wildman–Crippen LogP) is 9.58. The fraction of sp³-hybridized carbons (Fsp3) is 0.273. The number of halogens is 2. The third-order valence-electron chi connectivity index (χ3n) is 13.8. The van der Waals surface area contributed by atoms with Crippen molar-refractivity contribution < 1.29 is 58.6 Å². The molecule has 14 nitrogen and oxygen atoms in total. The first-order valence-corrected chi connectivity index (χ1v) is 27.3. The second-order valence-corrected chi connectivity index (χ2v) is 20.8. The third kappa shape index (κ3) is 17.4. The second kappa shape index (κ2) is 30.9. The van der Waals surface area contributed by atoms with Gasteiger partial charge in [0.1, 0.15) is 11.6 Å². The van der Waals surface area contributed by atoms with Crippen LogP contribution in [-0.4, -0.2) is 115 Å². The number of aliphatic hydroxyl groups excluding tert-OH is 4. The summed E-state index contributed by atoms with van der Waals surface area (Å²) in [6.07, 6.45) is -5.54. The van der Waals surface area contributed by atoms with Gasteiger partial charge in [0.05, 0.1) is 46.9 Å². The molecule has 6 N–H and O–H groups in total. The van der Waals surface area contributed by atoms with Gasteiger partial charge in [0.2, 0.25) is 0 Å². The van der Waals surface area contributed by atoms with E-state index in [1.165, 1.54) is 24.3 Å². The van der Waals surface area contributed by atoms with Gasteiger partial charge in [-0.2, -0.15) is 0 Å². The number of nitrogens with zero attached hydrogens (tertiary/aromatic N) is 2. The van der Waals surface area contributed by atoms with Gasteiger partial charge in [-0.15, -0.1) is 0 Å². The molecule has 0 radical (unpaired) electrons. The maximum Gasteiger partial charge on any atom is 2.00 e. The molecule has 0 aliphatic heterocycles. The topological polar surface area (TPSA) is 229 Å². The Morgan fingerprint density at radius 2 is 0.747 bits per heavy atom. The summed E-state index contributed by atoms with van der Waals surface area (Å²) < 4.78 is 32.0. The number of carbonyl (C=O) groups excluding carboxylic acids is 4. The first-order chi connectivity index (χ1) is 39.3. The van der Waals surface area contributed by atoms with Gasteiger partial charge in [0.25, 0.3) is 11.8 Å². The van der Waals surface area contributed by atoms with E-state index in [2.05, 4.69) is 10.6 Å². The quantitative estimate of drug-likeness (QED) is 0.0314. The van der Waals surface area contributed by atoms with Crippen LogP contribution in [0.4, 0.5) is 20.2 Å². The van der Waals surface area contributed by atoms with Crippen molar-refractivity contribution in [2.24, 2.45) is 0 Å². The number of nitrogens with one attached hydrogen (secondary N) is 2. The van der Waals surface area contributed by atoms with Crippen molar-refractivity contribution in [3.05, 3.63) is 204 Å². The van der Waals surface area contributed by atoms with Crippen LogP contribution >= 0.6 is 0 Å². The number of aliphatic hydroxyl groups is 4. The molecule has 83 heavy (non-hydrogen) atoms. The number of para-hydroxylation sites is 2. The van der Waals surface area contributed by atoms with Crippen LogP contribution < -0.4 is 20.8 Å². The Morgan fingerprint density at radius 3 is 1.04 bits per heavy atom. The number of hydrogen-bond donors (Lipinski definition) is 6. The van der Waals surface area contributed by atoms with E-state index in [4.69, 9.17) is 0 Å². The number of carboxylic acid groups (broad SMARTS) is 2. The van der Waals surface area contributed by atoms with E-state index < -0.39 is 60.8 Å². The number of hydrogen-bond acceptors (Lipinski definition) is 10. The number of carboxylic acids is 2. The van der Waals surface area contributed by atoms with Gasteiger partial charge in [-0.05, 0) is 133 Å². The molecule has 17 heteroatoms. The fourth-order valence-electron chi connectivity index (χ4n) is 10.4. The zero-order valence-electron chi connectivity index (χ0n) is 46.9. The van der Waals surface area contributed by atoms with E-state index in [0.717, 1.165) is 22.5 Å². The number of anilines is 2. The average molecular weight is 1160 g/mol. The number of rotatable bonds is 24. The van der Waals surface area contributed by atoms with E-state index in [0.29, 0.717) is 56.1 Å². The summed E-state index contributed by atoms with van der Waals surface area (Å²) in [5.41, 5.74) is 9.43. The first-order valence-electron chi connectivity index (χ1n) is 27.3. The molecule has 8 rings (SSSR count). The minimum Gasteiger partial charge on any atom is -0.550 e. The van der Waals surface area contributed by atoms with Crippen LogP contribution in [0.15, 0.2) is 170 Å². The van der Waals surface area contributed by atoms with Gasteiger partial charge in [0.15, 0.2) is 0 Å². The zero-order valence-corrected chi connectivity index (χ0v) is 49.1. The summed E-state index contributed by atoms with van der Waals surface area (Å²) in [6, 6.07) is 49.4. The summed E-state index contributed by atoms with van der Waals surface area (Å²) in [7, 11) is 0. The number of carbonyl (C=O) groups is 4. The SMILES string of the molecule is CC(C)c1c(C(=O)Nc2ccccc2)c(-c2ccccc2)c(-c2ccc(F)cc2)n1CC[C@@H](O)C[C@H](O)CC(=O)[O-].CC(C)c1c(C(=O)Nc2ccccc2)c(-c2ccccc2)c(-c2ccc(F)cc2)n1CC[C@H](O)C[C@@H](O)CC(=O)[O-].[Ca+2]. The van der Waals surface area contributed by atoms with Gasteiger partial charge in [-0.25, -0.2) is 8.78 Å². The Labute approximate surface area is 512 Å². The second-order valence-electron chi connectivity index (χ2n) is 20.8. The normalized spacial score (nSPS) is 12.6. The fourth-order valence-corrected chi connectivity index (χ4v) is 10.4. The van der Waals surface area contributed by atoms with Crippen molar-refractivity contribution in [3.63, 3.8) is 0 Å². The molecular weight excluding hydrogens is 1090 g/mol. The van der Waals surface area contributed by atoms with Crippen LogP contribution in [0.2, 0.25) is 0 Å². The molecule has 0 bridgehead atoms. The molecule has 0 aliphatic rings. The van der Waals surface area contributed by atoms with Crippen molar-refractivity contribution in [1.29, 1.82) is 0 Å².